The molecule has 4 aliphatic rings. The number of aliphatic hydroxyl groups is 2. The van der Waals surface area contributed by atoms with Crippen LogP contribution in [0.2, 0.25) is 0 Å². The molecule has 4 rings (SSSR count). The topological polar surface area (TPSA) is 58.9 Å². The Balaban J connectivity index is 1.62. The van der Waals surface area contributed by atoms with Crippen LogP contribution in [0.25, 0.3) is 0 Å². The molecule has 4 nitrogen and oxygen atoms in total. The summed E-state index contributed by atoms with van der Waals surface area (Å²) in [7, 11) is 0. The van der Waals surface area contributed by atoms with E-state index in [0.29, 0.717) is 17.8 Å². The zero-order valence-corrected chi connectivity index (χ0v) is 26.7. The number of ether oxygens (including phenoxy) is 2. The molecule has 2 N–H and O–H groups in total. The highest BCUT2D eigenvalue weighted by molar-refractivity contribution is 5.20. The van der Waals surface area contributed by atoms with Crippen LogP contribution in [0, 0.1) is 45.3 Å². The summed E-state index contributed by atoms with van der Waals surface area (Å²) in [5.41, 5.74) is 0.111. The molecule has 0 spiro atoms. The maximum absolute atomic E-state index is 12.1. The van der Waals surface area contributed by atoms with Crippen LogP contribution in [-0.2, 0) is 9.47 Å². The average Bonchev–Trinajstić information content (AvgIpc) is 3.19. The Morgan fingerprint density at radius 3 is 2.03 bits per heavy atom. The lowest BCUT2D eigenvalue weighted by molar-refractivity contribution is -0.248. The van der Waals surface area contributed by atoms with Crippen molar-refractivity contribution < 1.29 is 19.7 Å². The number of rotatable bonds is 9. The van der Waals surface area contributed by atoms with Gasteiger partial charge in [0, 0.05) is 13.2 Å². The van der Waals surface area contributed by atoms with Gasteiger partial charge in [-0.15, -0.1) is 0 Å². The van der Waals surface area contributed by atoms with Crippen LogP contribution in [0.1, 0.15) is 133 Å². The van der Waals surface area contributed by atoms with Crippen molar-refractivity contribution in [2.45, 2.75) is 157 Å². The lowest BCUT2D eigenvalue weighted by Crippen LogP contribution is -2.66. The second-order valence-electron chi connectivity index (χ2n) is 16.1. The van der Waals surface area contributed by atoms with Crippen molar-refractivity contribution in [2.24, 2.45) is 45.3 Å². The predicted molar refractivity (Wildman–Crippen MR) is 156 cm³/mol. The molecule has 0 aromatic heterocycles. The van der Waals surface area contributed by atoms with Gasteiger partial charge < -0.3 is 19.7 Å². The van der Waals surface area contributed by atoms with Gasteiger partial charge in [0.1, 0.15) is 0 Å². The summed E-state index contributed by atoms with van der Waals surface area (Å²) in [6.45, 7) is 24.7. The van der Waals surface area contributed by atoms with Crippen molar-refractivity contribution in [1.82, 2.24) is 0 Å². The van der Waals surface area contributed by atoms with Crippen molar-refractivity contribution in [2.75, 3.05) is 13.2 Å². The maximum atomic E-state index is 12.1. The summed E-state index contributed by atoms with van der Waals surface area (Å²) in [5.74, 6) is 1.68. The van der Waals surface area contributed by atoms with Gasteiger partial charge in [-0.2, -0.15) is 0 Å². The second-order valence-corrected chi connectivity index (χ2v) is 16.1. The Morgan fingerprint density at radius 2 is 1.39 bits per heavy atom. The number of aliphatic hydroxyl groups excluding tert-OH is 2. The number of hydrogen-bond acceptors (Lipinski definition) is 4. The first-order chi connectivity index (χ1) is 17.5. The first-order valence-corrected chi connectivity index (χ1v) is 16.2. The summed E-state index contributed by atoms with van der Waals surface area (Å²) in [5, 5.41) is 23.0. The molecule has 0 bridgehead atoms. The van der Waals surface area contributed by atoms with Crippen LogP contribution in [-0.4, -0.2) is 46.8 Å². The summed E-state index contributed by atoms with van der Waals surface area (Å²) >= 11 is 0. The largest absolute Gasteiger partial charge is 0.393 e. The van der Waals surface area contributed by atoms with Gasteiger partial charge in [-0.1, -0.05) is 34.6 Å². The van der Waals surface area contributed by atoms with Crippen LogP contribution in [0.4, 0.5) is 0 Å². The Labute approximate surface area is 235 Å². The first kappa shape index (κ1) is 30.8. The molecule has 0 aromatic rings. The van der Waals surface area contributed by atoms with Gasteiger partial charge in [-0.05, 0) is 144 Å². The minimum Gasteiger partial charge on any atom is -0.393 e. The molecule has 0 radical (unpaired) electrons. The molecule has 4 heteroatoms. The van der Waals surface area contributed by atoms with Gasteiger partial charge >= 0.3 is 0 Å². The summed E-state index contributed by atoms with van der Waals surface area (Å²) in [4.78, 5) is 0. The van der Waals surface area contributed by atoms with E-state index in [9.17, 15) is 10.2 Å². The predicted octanol–water partition coefficient (Wildman–Crippen LogP) is 7.78. The Bertz CT molecular complexity index is 838. The highest BCUT2D eigenvalue weighted by Gasteiger charge is 2.71. The minimum absolute atomic E-state index is 0.0575. The third-order valence-electron chi connectivity index (χ3n) is 13.6. The van der Waals surface area contributed by atoms with E-state index in [4.69, 9.17) is 9.47 Å². The van der Waals surface area contributed by atoms with E-state index in [0.717, 1.165) is 58.2 Å². The van der Waals surface area contributed by atoms with Crippen molar-refractivity contribution in [3.63, 3.8) is 0 Å². The van der Waals surface area contributed by atoms with Crippen LogP contribution >= 0.6 is 0 Å². The van der Waals surface area contributed by atoms with E-state index in [1.807, 2.05) is 0 Å². The minimum atomic E-state index is -0.282. The lowest BCUT2D eigenvalue weighted by atomic mass is 9.35. The number of fused-ring (bicyclic) bond motifs is 5. The van der Waals surface area contributed by atoms with Gasteiger partial charge in [0.25, 0.3) is 0 Å². The second kappa shape index (κ2) is 10.3. The zero-order chi connectivity index (χ0) is 28.4. The van der Waals surface area contributed by atoms with Crippen molar-refractivity contribution in [1.29, 1.82) is 0 Å². The van der Waals surface area contributed by atoms with E-state index in [1.165, 1.54) is 19.3 Å². The quantitative estimate of drug-likeness (QED) is 0.317. The van der Waals surface area contributed by atoms with Crippen LogP contribution in [0.5, 0.6) is 0 Å². The normalized spacial score (nSPS) is 46.1. The number of hydrogen-bond donors (Lipinski definition) is 2. The summed E-state index contributed by atoms with van der Waals surface area (Å²) < 4.78 is 12.7. The Morgan fingerprint density at radius 1 is 0.763 bits per heavy atom. The van der Waals surface area contributed by atoms with E-state index in [-0.39, 0.29) is 51.0 Å². The fourth-order valence-electron chi connectivity index (χ4n) is 11.5. The summed E-state index contributed by atoms with van der Waals surface area (Å²) in [6.07, 6.45) is 10.3. The molecule has 4 aliphatic carbocycles. The van der Waals surface area contributed by atoms with Gasteiger partial charge in [-0.3, -0.25) is 0 Å². The monoisotopic (exact) mass is 534 g/mol. The maximum Gasteiger partial charge on any atom is 0.0686 e. The van der Waals surface area contributed by atoms with Gasteiger partial charge in [-0.25, -0.2) is 0 Å². The van der Waals surface area contributed by atoms with E-state index in [1.54, 1.807) is 0 Å². The van der Waals surface area contributed by atoms with E-state index < -0.39 is 0 Å². The lowest BCUT2D eigenvalue weighted by Gasteiger charge is -2.70. The molecule has 38 heavy (non-hydrogen) atoms. The first-order valence-electron chi connectivity index (χ1n) is 16.2. The molecule has 0 aliphatic heterocycles. The summed E-state index contributed by atoms with van der Waals surface area (Å²) in [6, 6.07) is 0. The SMILES string of the molecule is CCOC(C)(C)CCC[C@@](C)(OCC)C1CC[C@]2(C)C1[C@H](O)CC1[C@@]3(C)CC[C@H](O)C(C)(C)C3CC[C@]12C. The molecule has 0 amide bonds. The molecule has 4 saturated carbocycles. The highest BCUT2D eigenvalue weighted by atomic mass is 16.5. The van der Waals surface area contributed by atoms with E-state index in [2.05, 4.69) is 69.2 Å². The van der Waals surface area contributed by atoms with Crippen LogP contribution in [0.15, 0.2) is 0 Å². The molecule has 4 fully saturated rings. The molecular weight excluding hydrogens is 472 g/mol. The van der Waals surface area contributed by atoms with Gasteiger partial charge in [0.2, 0.25) is 0 Å². The Kier molecular flexibility index (Phi) is 8.33. The third kappa shape index (κ3) is 4.64. The smallest absolute Gasteiger partial charge is 0.0686 e. The zero-order valence-electron chi connectivity index (χ0n) is 26.7. The molecule has 0 heterocycles. The molecule has 4 unspecified atom stereocenters. The molecule has 10 atom stereocenters. The fourth-order valence-corrected chi connectivity index (χ4v) is 11.5. The molecule has 222 valence electrons. The van der Waals surface area contributed by atoms with Gasteiger partial charge in [0.15, 0.2) is 0 Å². The van der Waals surface area contributed by atoms with Crippen molar-refractivity contribution in [3.8, 4) is 0 Å². The Hall–Kier alpha value is -0.160. The van der Waals surface area contributed by atoms with Crippen LogP contribution in [0.3, 0.4) is 0 Å². The molecular formula is C34H62O4. The third-order valence-corrected chi connectivity index (χ3v) is 13.6. The fraction of sp³-hybridized carbons (Fsp3) is 1.00. The molecule has 0 aromatic carbocycles. The van der Waals surface area contributed by atoms with Crippen molar-refractivity contribution >= 4 is 0 Å². The van der Waals surface area contributed by atoms with E-state index >= 15 is 0 Å². The highest BCUT2D eigenvalue weighted by Crippen LogP contribution is 2.75. The van der Waals surface area contributed by atoms with Crippen LogP contribution < -0.4 is 0 Å². The average molecular weight is 535 g/mol. The van der Waals surface area contributed by atoms with Gasteiger partial charge in [0.05, 0.1) is 23.4 Å². The standard InChI is InChI=1S/C34H62O4/c1-11-37-29(3,4)17-13-18-34(10,38-12-2)23-14-20-33(9)28(23)24(35)22-26-31(7)19-16-27(36)30(5,6)25(31)15-21-32(26,33)8/h23-28,35-36H,11-22H2,1-10H3/t23?,24-,25?,26?,27+,28?,31+,32-,33-,34-/m1/s1. The van der Waals surface area contributed by atoms with Crippen molar-refractivity contribution in [3.05, 3.63) is 0 Å². The molecule has 0 saturated heterocycles.